The van der Waals surface area contributed by atoms with E-state index in [0.717, 1.165) is 35.2 Å². The number of esters is 1. The summed E-state index contributed by atoms with van der Waals surface area (Å²) in [5.41, 5.74) is 3.65. The lowest BCUT2D eigenvalue weighted by Crippen LogP contribution is -2.27. The molecule has 3 aliphatic carbocycles. The molecule has 1 heterocycles. The van der Waals surface area contributed by atoms with E-state index in [1.54, 1.807) is 6.20 Å². The smallest absolute Gasteiger partial charge is 0.341 e. The van der Waals surface area contributed by atoms with Crippen molar-refractivity contribution in [2.24, 2.45) is 11.8 Å². The first-order valence-electron chi connectivity index (χ1n) is 8.38. The van der Waals surface area contributed by atoms with Crippen molar-refractivity contribution in [3.05, 3.63) is 29.1 Å². The Morgan fingerprint density at radius 1 is 1.41 bits per heavy atom. The van der Waals surface area contributed by atoms with Gasteiger partial charge in [-0.2, -0.15) is 0 Å². The highest BCUT2D eigenvalue weighted by atomic mass is 16.5. The Morgan fingerprint density at radius 2 is 2.32 bits per heavy atom. The molecule has 1 aromatic heterocycles. The molecule has 0 spiro atoms. The number of pyridine rings is 1. The van der Waals surface area contributed by atoms with E-state index in [1.165, 1.54) is 25.7 Å². The van der Waals surface area contributed by atoms with Gasteiger partial charge in [-0.25, -0.2) is 4.79 Å². The number of allylic oxidation sites excluding steroid dienone is 1. The number of carbonyl (C=O) groups excluding carboxylic acids is 1. The van der Waals surface area contributed by atoms with E-state index in [1.807, 2.05) is 6.92 Å². The van der Waals surface area contributed by atoms with Crippen LogP contribution in [0.1, 0.15) is 54.2 Å². The summed E-state index contributed by atoms with van der Waals surface area (Å²) in [4.78, 5) is 16.7. The summed E-state index contributed by atoms with van der Waals surface area (Å²) in [6.45, 7) is 2.22. The average Bonchev–Trinajstić information content (AvgIpc) is 3.23. The van der Waals surface area contributed by atoms with E-state index in [4.69, 9.17) is 4.74 Å². The Kier molecular flexibility index (Phi) is 3.40. The normalized spacial score (nSPS) is 28.0. The zero-order valence-electron chi connectivity index (χ0n) is 13.0. The van der Waals surface area contributed by atoms with Gasteiger partial charge in [0.15, 0.2) is 0 Å². The lowest BCUT2D eigenvalue weighted by molar-refractivity contribution is 0.0527. The Balaban J connectivity index is 1.68. The number of fused-ring (bicyclic) bond motifs is 3. The minimum absolute atomic E-state index is 0.274. The minimum Gasteiger partial charge on any atom is -0.462 e. The van der Waals surface area contributed by atoms with E-state index in [0.29, 0.717) is 18.2 Å². The maximum Gasteiger partial charge on any atom is 0.341 e. The third-order valence-electron chi connectivity index (χ3n) is 5.36. The first kappa shape index (κ1) is 13.8. The van der Waals surface area contributed by atoms with Crippen LogP contribution in [-0.4, -0.2) is 23.6 Å². The van der Waals surface area contributed by atoms with Crippen molar-refractivity contribution in [3.63, 3.8) is 0 Å². The highest BCUT2D eigenvalue weighted by Crippen LogP contribution is 2.46. The molecule has 22 heavy (non-hydrogen) atoms. The van der Waals surface area contributed by atoms with Gasteiger partial charge in [-0.05, 0) is 38.0 Å². The van der Waals surface area contributed by atoms with Crippen LogP contribution in [0.3, 0.4) is 0 Å². The summed E-state index contributed by atoms with van der Waals surface area (Å²) < 4.78 is 5.21. The zero-order chi connectivity index (χ0) is 15.1. The molecule has 0 saturated heterocycles. The lowest BCUT2D eigenvalue weighted by atomic mass is 9.94. The van der Waals surface area contributed by atoms with Gasteiger partial charge in [-0.1, -0.05) is 18.6 Å². The number of hydrogen-bond acceptors (Lipinski definition) is 4. The summed E-state index contributed by atoms with van der Waals surface area (Å²) >= 11 is 0. The Hall–Kier alpha value is -1.84. The molecular weight excluding hydrogens is 276 g/mol. The first-order valence-corrected chi connectivity index (χ1v) is 8.38. The molecular formula is C18H22N2O2. The van der Waals surface area contributed by atoms with Crippen LogP contribution in [0.2, 0.25) is 0 Å². The third kappa shape index (κ3) is 2.21. The minimum atomic E-state index is -0.274. The molecule has 4 rings (SSSR count). The summed E-state index contributed by atoms with van der Waals surface area (Å²) in [5, 5.41) is 3.69. The van der Waals surface area contributed by atoms with E-state index >= 15 is 0 Å². The number of anilines is 1. The fourth-order valence-corrected chi connectivity index (χ4v) is 4.32. The molecule has 3 aliphatic rings. The Bertz CT molecular complexity index is 638. The SMILES string of the molecule is CCOC(=O)c1cnc2c(c1N[C@H]1C[C@@H]3CC[C@H]1C3)C=CC2. The van der Waals surface area contributed by atoms with Crippen molar-refractivity contribution in [1.82, 2.24) is 4.98 Å². The van der Waals surface area contributed by atoms with Crippen LogP contribution in [0.5, 0.6) is 0 Å². The molecule has 2 bridgehead atoms. The zero-order valence-corrected chi connectivity index (χ0v) is 13.0. The molecule has 1 aromatic rings. The van der Waals surface area contributed by atoms with E-state index in [-0.39, 0.29) is 5.97 Å². The number of ether oxygens (including phenoxy) is 1. The highest BCUT2D eigenvalue weighted by Gasteiger charge is 2.40. The number of rotatable bonds is 4. The fraction of sp³-hybridized carbons (Fsp3) is 0.556. The number of carbonyl (C=O) groups is 1. The van der Waals surface area contributed by atoms with Gasteiger partial charge in [0.25, 0.3) is 0 Å². The first-order chi connectivity index (χ1) is 10.8. The van der Waals surface area contributed by atoms with Crippen LogP contribution < -0.4 is 5.32 Å². The third-order valence-corrected chi connectivity index (χ3v) is 5.36. The second-order valence-corrected chi connectivity index (χ2v) is 6.66. The predicted octanol–water partition coefficient (Wildman–Crippen LogP) is 3.43. The second-order valence-electron chi connectivity index (χ2n) is 6.66. The van der Waals surface area contributed by atoms with Crippen molar-refractivity contribution in [3.8, 4) is 0 Å². The molecule has 116 valence electrons. The molecule has 0 amide bonds. The van der Waals surface area contributed by atoms with Crippen LogP contribution in [0.15, 0.2) is 12.3 Å². The van der Waals surface area contributed by atoms with Crippen molar-refractivity contribution in [1.29, 1.82) is 0 Å². The van der Waals surface area contributed by atoms with Crippen molar-refractivity contribution < 1.29 is 9.53 Å². The van der Waals surface area contributed by atoms with Gasteiger partial charge >= 0.3 is 5.97 Å². The molecule has 0 radical (unpaired) electrons. The highest BCUT2D eigenvalue weighted by molar-refractivity contribution is 5.98. The molecule has 0 unspecified atom stereocenters. The maximum absolute atomic E-state index is 12.3. The number of aromatic nitrogens is 1. The van der Waals surface area contributed by atoms with Crippen molar-refractivity contribution in [2.75, 3.05) is 11.9 Å². The monoisotopic (exact) mass is 298 g/mol. The van der Waals surface area contributed by atoms with Crippen LogP contribution >= 0.6 is 0 Å². The molecule has 0 aromatic carbocycles. The van der Waals surface area contributed by atoms with Gasteiger partial charge in [0.2, 0.25) is 0 Å². The standard InChI is InChI=1S/C18H22N2O2/c1-2-22-18(21)14-10-19-15-5-3-4-13(15)17(14)20-16-9-11-6-7-12(16)8-11/h3-4,10-12,16H,2,5-9H2,1H3,(H,19,20)/t11-,12+,16+/m1/s1. The quantitative estimate of drug-likeness (QED) is 0.865. The van der Waals surface area contributed by atoms with Gasteiger partial charge in [-0.15, -0.1) is 0 Å². The predicted molar refractivity (Wildman–Crippen MR) is 85.8 cm³/mol. The largest absolute Gasteiger partial charge is 0.462 e. The number of nitrogens with zero attached hydrogens (tertiary/aromatic N) is 1. The second kappa shape index (κ2) is 5.41. The van der Waals surface area contributed by atoms with Crippen LogP contribution in [-0.2, 0) is 11.2 Å². The van der Waals surface area contributed by atoms with E-state index in [9.17, 15) is 4.79 Å². The summed E-state index contributed by atoms with van der Waals surface area (Å²) in [6.07, 6.45) is 12.0. The van der Waals surface area contributed by atoms with Crippen molar-refractivity contribution >= 4 is 17.7 Å². The van der Waals surface area contributed by atoms with Gasteiger partial charge < -0.3 is 10.1 Å². The van der Waals surface area contributed by atoms with E-state index in [2.05, 4.69) is 22.5 Å². The molecule has 3 atom stereocenters. The molecule has 1 N–H and O–H groups in total. The summed E-state index contributed by atoms with van der Waals surface area (Å²) in [6, 6.07) is 0.493. The van der Waals surface area contributed by atoms with Crippen LogP contribution in [0.4, 0.5) is 5.69 Å². The summed E-state index contributed by atoms with van der Waals surface area (Å²) in [7, 11) is 0. The average molecular weight is 298 g/mol. The number of hydrogen-bond donors (Lipinski definition) is 1. The molecule has 4 nitrogen and oxygen atoms in total. The van der Waals surface area contributed by atoms with Crippen molar-refractivity contribution in [2.45, 2.75) is 45.1 Å². The summed E-state index contributed by atoms with van der Waals surface area (Å²) in [5.74, 6) is 1.36. The molecule has 4 heteroatoms. The van der Waals surface area contributed by atoms with Gasteiger partial charge in [0.1, 0.15) is 5.56 Å². The fourth-order valence-electron chi connectivity index (χ4n) is 4.32. The van der Waals surface area contributed by atoms with Gasteiger partial charge in [-0.3, -0.25) is 4.98 Å². The number of nitrogens with one attached hydrogen (secondary N) is 1. The lowest BCUT2D eigenvalue weighted by Gasteiger charge is -2.26. The maximum atomic E-state index is 12.3. The molecule has 2 saturated carbocycles. The molecule has 2 fully saturated rings. The van der Waals surface area contributed by atoms with Gasteiger partial charge in [0, 0.05) is 24.2 Å². The molecule has 0 aliphatic heterocycles. The topological polar surface area (TPSA) is 51.2 Å². The van der Waals surface area contributed by atoms with Crippen LogP contribution in [0.25, 0.3) is 6.08 Å². The Labute approximate surface area is 131 Å². The van der Waals surface area contributed by atoms with Gasteiger partial charge in [0.05, 0.1) is 18.0 Å². The Morgan fingerprint density at radius 3 is 3.05 bits per heavy atom. The van der Waals surface area contributed by atoms with E-state index < -0.39 is 0 Å². The van der Waals surface area contributed by atoms with Crippen LogP contribution in [0, 0.1) is 11.8 Å².